The number of rotatable bonds is 6. The van der Waals surface area contributed by atoms with E-state index in [9.17, 15) is 14.7 Å². The van der Waals surface area contributed by atoms with Crippen LogP contribution in [0.2, 0.25) is 0 Å². The van der Waals surface area contributed by atoms with E-state index in [2.05, 4.69) is 25.4 Å². The average Bonchev–Trinajstić information content (AvgIpc) is 3.04. The van der Waals surface area contributed by atoms with Crippen molar-refractivity contribution in [1.82, 2.24) is 15.6 Å². The molecule has 0 saturated heterocycles. The minimum Gasteiger partial charge on any atom is -0.409 e. The highest BCUT2D eigenvalue weighted by molar-refractivity contribution is 7.99. The van der Waals surface area contributed by atoms with Crippen molar-refractivity contribution in [3.05, 3.63) is 40.8 Å². The number of aliphatic hydroxyl groups excluding tert-OH is 2. The fraction of sp³-hybridized carbons (Fsp3) is 0.357. The van der Waals surface area contributed by atoms with Crippen LogP contribution in [0.15, 0.2) is 33.0 Å². The molecule has 0 spiro atoms. The van der Waals surface area contributed by atoms with E-state index < -0.39 is 6.10 Å². The van der Waals surface area contributed by atoms with Crippen molar-refractivity contribution >= 4 is 17.6 Å². The first-order valence-electron chi connectivity index (χ1n) is 7.14. The second-order valence-electron chi connectivity index (χ2n) is 5.26. The Bertz CT molecular complexity index is 754. The molecule has 0 saturated carbocycles. The maximum absolute atomic E-state index is 13.3. The van der Waals surface area contributed by atoms with Crippen LogP contribution in [0.25, 0.3) is 0 Å². The Labute approximate surface area is 140 Å². The van der Waals surface area contributed by atoms with E-state index in [1.165, 1.54) is 12.1 Å². The molecule has 3 rings (SSSR count). The molecule has 128 valence electrons. The number of thioether (sulfide) groups is 1. The van der Waals surface area contributed by atoms with E-state index in [-0.39, 0.29) is 35.7 Å². The first-order valence-corrected chi connectivity index (χ1v) is 8.12. The highest BCUT2D eigenvalue weighted by Gasteiger charge is 2.29. The maximum atomic E-state index is 13.3. The smallest absolute Gasteiger partial charge is 0.198 e. The van der Waals surface area contributed by atoms with Crippen LogP contribution < -0.4 is 5.32 Å². The Morgan fingerprint density at radius 1 is 1.50 bits per heavy atom. The molecule has 1 aromatic carbocycles. The summed E-state index contributed by atoms with van der Waals surface area (Å²) in [7, 11) is 0. The summed E-state index contributed by atoms with van der Waals surface area (Å²) in [6.45, 7) is -0.378. The number of aliphatic hydroxyl groups is 2. The number of aromatic nitrogens is 2. The lowest BCUT2D eigenvalue weighted by Gasteiger charge is -2.31. The first-order chi connectivity index (χ1) is 11.6. The van der Waals surface area contributed by atoms with E-state index >= 15 is 0 Å². The third kappa shape index (κ3) is 3.35. The summed E-state index contributed by atoms with van der Waals surface area (Å²) >= 11 is 1.10. The van der Waals surface area contributed by atoms with E-state index in [1.54, 1.807) is 6.07 Å². The molecule has 1 aliphatic rings. The molecule has 8 nitrogen and oxygen atoms in total. The number of fused-ring (bicyclic) bond motifs is 1. The highest BCUT2D eigenvalue weighted by Crippen LogP contribution is 2.34. The summed E-state index contributed by atoms with van der Waals surface area (Å²) < 4.78 is 18.0. The Hall–Kier alpha value is -2.17. The zero-order valence-electron chi connectivity index (χ0n) is 12.4. The summed E-state index contributed by atoms with van der Waals surface area (Å²) in [5, 5.41) is 41.3. The van der Waals surface area contributed by atoms with Crippen molar-refractivity contribution in [2.45, 2.75) is 23.6 Å². The minimum absolute atomic E-state index is 0.0390. The van der Waals surface area contributed by atoms with Gasteiger partial charge in [-0.1, -0.05) is 23.0 Å². The van der Waals surface area contributed by atoms with Gasteiger partial charge in [-0.3, -0.25) is 0 Å². The maximum Gasteiger partial charge on any atom is 0.198 e. The second kappa shape index (κ2) is 7.16. The predicted molar refractivity (Wildman–Crippen MR) is 82.4 cm³/mol. The van der Waals surface area contributed by atoms with Crippen LogP contribution >= 0.6 is 11.8 Å². The molecule has 1 heterocycles. The number of hydrogen-bond donors (Lipinski definition) is 4. The summed E-state index contributed by atoms with van der Waals surface area (Å²) in [6.07, 6.45) is -0.255. The molecule has 2 aromatic rings. The summed E-state index contributed by atoms with van der Waals surface area (Å²) in [5.41, 5.74) is 1.99. The lowest BCUT2D eigenvalue weighted by atomic mass is 9.83. The molecule has 0 fully saturated rings. The van der Waals surface area contributed by atoms with Gasteiger partial charge in [-0.15, -0.1) is 0 Å². The third-order valence-electron chi connectivity index (χ3n) is 3.62. The van der Waals surface area contributed by atoms with Crippen LogP contribution in [0.5, 0.6) is 0 Å². The Balaban J connectivity index is 1.71. The van der Waals surface area contributed by atoms with Crippen molar-refractivity contribution < 1.29 is 24.4 Å². The van der Waals surface area contributed by atoms with Crippen molar-refractivity contribution in [3.63, 3.8) is 0 Å². The largest absolute Gasteiger partial charge is 0.409 e. The minimum atomic E-state index is -0.913. The van der Waals surface area contributed by atoms with Gasteiger partial charge in [0.1, 0.15) is 5.82 Å². The monoisotopic (exact) mass is 354 g/mol. The molecule has 24 heavy (non-hydrogen) atoms. The van der Waals surface area contributed by atoms with E-state index in [0.29, 0.717) is 11.4 Å². The zero-order valence-corrected chi connectivity index (χ0v) is 13.2. The Kier molecular flexibility index (Phi) is 4.97. The first kappa shape index (κ1) is 16.7. The van der Waals surface area contributed by atoms with Crippen molar-refractivity contribution in [3.8, 4) is 0 Å². The Morgan fingerprint density at radius 2 is 2.33 bits per heavy atom. The van der Waals surface area contributed by atoms with Gasteiger partial charge in [0.15, 0.2) is 16.6 Å². The van der Waals surface area contributed by atoms with Crippen molar-refractivity contribution in [2.24, 2.45) is 5.16 Å². The van der Waals surface area contributed by atoms with Crippen LogP contribution in [0.4, 0.5) is 4.39 Å². The fourth-order valence-corrected chi connectivity index (χ4v) is 3.17. The van der Waals surface area contributed by atoms with E-state index in [4.69, 9.17) is 5.11 Å². The van der Waals surface area contributed by atoms with Crippen molar-refractivity contribution in [1.29, 1.82) is 0 Å². The quantitative estimate of drug-likeness (QED) is 0.196. The van der Waals surface area contributed by atoms with Gasteiger partial charge in [0.05, 0.1) is 18.8 Å². The molecule has 10 heteroatoms. The molecule has 0 radical (unpaired) electrons. The molecule has 4 N–H and O–H groups in total. The molecule has 0 bridgehead atoms. The van der Waals surface area contributed by atoms with Crippen molar-refractivity contribution in [2.75, 3.05) is 12.4 Å². The number of nitrogens with zero attached hydrogens (tertiary/aromatic N) is 3. The van der Waals surface area contributed by atoms with E-state index in [0.717, 1.165) is 22.9 Å². The van der Waals surface area contributed by atoms with Crippen LogP contribution in [0, 0.1) is 5.82 Å². The van der Waals surface area contributed by atoms with Gasteiger partial charge in [0, 0.05) is 5.75 Å². The molecule has 2 unspecified atom stereocenters. The second-order valence-corrected chi connectivity index (χ2v) is 6.27. The van der Waals surface area contributed by atoms with Gasteiger partial charge in [-0.25, -0.2) is 9.02 Å². The summed E-state index contributed by atoms with van der Waals surface area (Å²) in [5.74, 6) is -0.120. The van der Waals surface area contributed by atoms with Gasteiger partial charge >= 0.3 is 0 Å². The SMILES string of the molecule is OCC(O)CSc1nonc1/C(=N/O)NC1Cc2ccc(F)cc21. The molecule has 2 atom stereocenters. The fourth-order valence-electron chi connectivity index (χ4n) is 2.36. The number of halogens is 1. The number of nitrogens with one attached hydrogen (secondary N) is 1. The predicted octanol–water partition coefficient (Wildman–Crippen LogP) is 0.677. The van der Waals surface area contributed by atoms with Crippen LogP contribution in [0.1, 0.15) is 22.9 Å². The third-order valence-corrected chi connectivity index (χ3v) is 4.72. The highest BCUT2D eigenvalue weighted by atomic mass is 32.2. The normalized spacial score (nSPS) is 18.0. The average molecular weight is 354 g/mol. The van der Waals surface area contributed by atoms with Gasteiger partial charge < -0.3 is 20.7 Å². The lowest BCUT2D eigenvalue weighted by molar-refractivity contribution is 0.113. The number of oxime groups is 1. The van der Waals surface area contributed by atoms with Gasteiger partial charge in [-0.05, 0) is 40.0 Å². The molecule has 1 aromatic heterocycles. The number of benzene rings is 1. The molecule has 0 amide bonds. The summed E-state index contributed by atoms with van der Waals surface area (Å²) in [4.78, 5) is 0. The zero-order chi connectivity index (χ0) is 17.1. The molecular weight excluding hydrogens is 339 g/mol. The number of amidine groups is 1. The molecular formula is C14H15FN4O4S. The van der Waals surface area contributed by atoms with Crippen LogP contribution in [0.3, 0.4) is 0 Å². The standard InChI is InChI=1S/C14H15FN4O4S/c15-8-2-1-7-3-11(10(7)4-8)16-13(17-22)12-14(19-23-18-12)24-6-9(21)5-20/h1-2,4,9,11,20-22H,3,5-6H2,(H,16,17). The number of hydrogen-bond acceptors (Lipinski definition) is 8. The summed E-state index contributed by atoms with van der Waals surface area (Å²) in [6, 6.07) is 4.34. The Morgan fingerprint density at radius 3 is 3.08 bits per heavy atom. The van der Waals surface area contributed by atoms with Gasteiger partial charge in [0.25, 0.3) is 0 Å². The van der Waals surface area contributed by atoms with Gasteiger partial charge in [-0.2, -0.15) is 0 Å². The van der Waals surface area contributed by atoms with Gasteiger partial charge in [0.2, 0.25) is 0 Å². The molecule has 1 aliphatic carbocycles. The lowest BCUT2D eigenvalue weighted by Crippen LogP contribution is -2.36. The van der Waals surface area contributed by atoms with Crippen LogP contribution in [-0.2, 0) is 6.42 Å². The molecule has 0 aliphatic heterocycles. The topological polar surface area (TPSA) is 124 Å². The van der Waals surface area contributed by atoms with Crippen LogP contribution in [-0.4, -0.2) is 50.0 Å². The van der Waals surface area contributed by atoms with E-state index in [1.807, 2.05) is 0 Å².